The van der Waals surface area contributed by atoms with Gasteiger partial charge in [-0.05, 0) is 13.3 Å². The second-order valence-electron chi connectivity index (χ2n) is 4.17. The Kier molecular flexibility index (Phi) is 4.30. The summed E-state index contributed by atoms with van der Waals surface area (Å²) < 4.78 is 5.38. The van der Waals surface area contributed by atoms with Crippen molar-refractivity contribution in [2.24, 2.45) is 5.84 Å². The normalized spacial score (nSPS) is 10.5. The van der Waals surface area contributed by atoms with Crippen molar-refractivity contribution in [3.05, 3.63) is 29.7 Å². The van der Waals surface area contributed by atoms with Crippen molar-refractivity contribution in [2.45, 2.75) is 33.2 Å². The summed E-state index contributed by atoms with van der Waals surface area (Å²) in [7, 11) is 0. The van der Waals surface area contributed by atoms with Crippen LogP contribution in [0.1, 0.15) is 30.8 Å². The first kappa shape index (κ1) is 13.3. The van der Waals surface area contributed by atoms with E-state index in [0.717, 1.165) is 24.4 Å². The van der Waals surface area contributed by atoms with Crippen LogP contribution < -0.4 is 16.6 Å². The molecule has 0 aliphatic rings. The summed E-state index contributed by atoms with van der Waals surface area (Å²) >= 11 is 0. The van der Waals surface area contributed by atoms with Gasteiger partial charge in [0, 0.05) is 12.5 Å². The average Bonchev–Trinajstić information content (AvgIpc) is 2.82. The van der Waals surface area contributed by atoms with Crippen LogP contribution in [0, 0.1) is 6.92 Å². The number of hydrogen-bond donors (Lipinski definition) is 3. The van der Waals surface area contributed by atoms with Crippen LogP contribution in [0.25, 0.3) is 0 Å². The minimum Gasteiger partial charge on any atom is -0.444 e. The largest absolute Gasteiger partial charge is 0.444 e. The van der Waals surface area contributed by atoms with Crippen LogP contribution in [0.2, 0.25) is 0 Å². The SMILES string of the molecule is CCCc1nc(NN)cc(NCc2ncc(C)o2)n1. The van der Waals surface area contributed by atoms with Gasteiger partial charge in [-0.25, -0.2) is 20.8 Å². The van der Waals surface area contributed by atoms with Crippen LogP contribution in [-0.4, -0.2) is 15.0 Å². The maximum absolute atomic E-state index is 5.40. The summed E-state index contributed by atoms with van der Waals surface area (Å²) in [5.74, 6) is 8.84. The molecule has 7 nitrogen and oxygen atoms in total. The number of nitrogens with zero attached hydrogens (tertiary/aromatic N) is 3. The third-order valence-corrected chi connectivity index (χ3v) is 2.48. The Balaban J connectivity index is 2.08. The average molecular weight is 262 g/mol. The fourth-order valence-electron chi connectivity index (χ4n) is 1.65. The molecule has 0 spiro atoms. The van der Waals surface area contributed by atoms with E-state index in [4.69, 9.17) is 10.3 Å². The van der Waals surface area contributed by atoms with Gasteiger partial charge in [0.15, 0.2) is 0 Å². The van der Waals surface area contributed by atoms with E-state index < -0.39 is 0 Å². The molecule has 2 aromatic rings. The predicted molar refractivity (Wildman–Crippen MR) is 72.4 cm³/mol. The van der Waals surface area contributed by atoms with Gasteiger partial charge in [-0.2, -0.15) is 0 Å². The lowest BCUT2D eigenvalue weighted by atomic mass is 10.3. The van der Waals surface area contributed by atoms with E-state index in [-0.39, 0.29) is 0 Å². The molecule has 0 bridgehead atoms. The minimum absolute atomic E-state index is 0.473. The van der Waals surface area contributed by atoms with Gasteiger partial charge in [-0.15, -0.1) is 0 Å². The zero-order valence-electron chi connectivity index (χ0n) is 11.1. The van der Waals surface area contributed by atoms with E-state index in [1.54, 1.807) is 12.3 Å². The van der Waals surface area contributed by atoms with Gasteiger partial charge in [-0.1, -0.05) is 6.92 Å². The number of hydrazine groups is 1. The van der Waals surface area contributed by atoms with Gasteiger partial charge < -0.3 is 15.2 Å². The Bertz CT molecular complexity index is 539. The van der Waals surface area contributed by atoms with Crippen molar-refractivity contribution in [2.75, 3.05) is 10.7 Å². The summed E-state index contributed by atoms with van der Waals surface area (Å²) in [5, 5.41) is 3.14. The number of oxazole rings is 1. The standard InChI is InChI=1S/C12H18N6O/c1-3-4-9-16-10(5-11(17-9)18-13)14-7-12-15-6-8(2)19-12/h5-6H,3-4,7,13H2,1-2H3,(H2,14,16,17,18). The van der Waals surface area contributed by atoms with Crippen molar-refractivity contribution in [3.63, 3.8) is 0 Å². The molecule has 2 aromatic heterocycles. The molecule has 0 atom stereocenters. The third kappa shape index (κ3) is 3.65. The molecule has 0 aliphatic carbocycles. The molecular weight excluding hydrogens is 244 g/mol. The van der Waals surface area contributed by atoms with E-state index in [1.165, 1.54) is 0 Å². The molecule has 0 saturated heterocycles. The zero-order valence-corrected chi connectivity index (χ0v) is 11.1. The molecule has 4 N–H and O–H groups in total. The number of aryl methyl sites for hydroxylation is 2. The van der Waals surface area contributed by atoms with Crippen LogP contribution in [0.15, 0.2) is 16.7 Å². The smallest absolute Gasteiger partial charge is 0.213 e. The lowest BCUT2D eigenvalue weighted by Crippen LogP contribution is -2.12. The van der Waals surface area contributed by atoms with E-state index in [2.05, 4.69) is 32.6 Å². The first-order valence-electron chi connectivity index (χ1n) is 6.21. The highest BCUT2D eigenvalue weighted by molar-refractivity contribution is 5.46. The maximum atomic E-state index is 5.40. The molecule has 0 saturated carbocycles. The van der Waals surface area contributed by atoms with Crippen molar-refractivity contribution in [1.29, 1.82) is 0 Å². The third-order valence-electron chi connectivity index (χ3n) is 2.48. The van der Waals surface area contributed by atoms with Gasteiger partial charge in [-0.3, -0.25) is 0 Å². The van der Waals surface area contributed by atoms with Crippen molar-refractivity contribution < 1.29 is 4.42 Å². The first-order valence-corrected chi connectivity index (χ1v) is 6.21. The lowest BCUT2D eigenvalue weighted by Gasteiger charge is -2.08. The fourth-order valence-corrected chi connectivity index (χ4v) is 1.65. The minimum atomic E-state index is 0.473. The Morgan fingerprint density at radius 2 is 2.11 bits per heavy atom. The summed E-state index contributed by atoms with van der Waals surface area (Å²) in [4.78, 5) is 12.8. The summed E-state index contributed by atoms with van der Waals surface area (Å²) in [5.41, 5.74) is 2.54. The van der Waals surface area contributed by atoms with Crippen molar-refractivity contribution >= 4 is 11.6 Å². The van der Waals surface area contributed by atoms with Crippen LogP contribution in [-0.2, 0) is 13.0 Å². The molecule has 0 amide bonds. The topological polar surface area (TPSA) is 102 Å². The number of hydrogen-bond acceptors (Lipinski definition) is 7. The van der Waals surface area contributed by atoms with Gasteiger partial charge in [0.1, 0.15) is 23.2 Å². The molecule has 102 valence electrons. The number of rotatable bonds is 6. The fraction of sp³-hybridized carbons (Fsp3) is 0.417. The van der Waals surface area contributed by atoms with Crippen LogP contribution in [0.4, 0.5) is 11.6 Å². The zero-order chi connectivity index (χ0) is 13.7. The predicted octanol–water partition coefficient (Wildman–Crippen LogP) is 1.62. The number of nitrogen functional groups attached to an aromatic ring is 1. The van der Waals surface area contributed by atoms with E-state index >= 15 is 0 Å². The number of nitrogens with two attached hydrogens (primary N) is 1. The molecule has 0 fully saturated rings. The van der Waals surface area contributed by atoms with Crippen LogP contribution in [0.3, 0.4) is 0 Å². The Labute approximate surface area is 111 Å². The van der Waals surface area contributed by atoms with Crippen LogP contribution >= 0.6 is 0 Å². The molecule has 0 unspecified atom stereocenters. The van der Waals surface area contributed by atoms with Crippen LogP contribution in [0.5, 0.6) is 0 Å². The second kappa shape index (κ2) is 6.14. The summed E-state index contributed by atoms with van der Waals surface area (Å²) in [6.07, 6.45) is 3.47. The summed E-state index contributed by atoms with van der Waals surface area (Å²) in [6, 6.07) is 1.74. The van der Waals surface area contributed by atoms with Crippen molar-refractivity contribution in [1.82, 2.24) is 15.0 Å². The quantitative estimate of drug-likeness (QED) is 0.537. The Hall–Kier alpha value is -2.15. The number of aromatic nitrogens is 3. The second-order valence-corrected chi connectivity index (χ2v) is 4.17. The van der Waals surface area contributed by atoms with Crippen molar-refractivity contribution in [3.8, 4) is 0 Å². The Morgan fingerprint density at radius 1 is 1.32 bits per heavy atom. The highest BCUT2D eigenvalue weighted by Crippen LogP contribution is 2.13. The molecule has 2 rings (SSSR count). The Morgan fingerprint density at radius 3 is 2.74 bits per heavy atom. The van der Waals surface area contributed by atoms with E-state index in [0.29, 0.717) is 24.1 Å². The van der Waals surface area contributed by atoms with E-state index in [9.17, 15) is 0 Å². The van der Waals surface area contributed by atoms with Gasteiger partial charge in [0.05, 0.1) is 12.7 Å². The molecule has 0 aromatic carbocycles. The monoisotopic (exact) mass is 262 g/mol. The first-order chi connectivity index (χ1) is 9.21. The highest BCUT2D eigenvalue weighted by Gasteiger charge is 2.05. The lowest BCUT2D eigenvalue weighted by molar-refractivity contribution is 0.478. The maximum Gasteiger partial charge on any atom is 0.213 e. The number of anilines is 2. The molecule has 7 heteroatoms. The van der Waals surface area contributed by atoms with Gasteiger partial charge in [0.2, 0.25) is 5.89 Å². The molecular formula is C12H18N6O. The summed E-state index contributed by atoms with van der Waals surface area (Å²) in [6.45, 7) is 4.41. The molecule has 2 heterocycles. The molecule has 0 radical (unpaired) electrons. The van der Waals surface area contributed by atoms with Gasteiger partial charge >= 0.3 is 0 Å². The molecule has 0 aliphatic heterocycles. The number of nitrogens with one attached hydrogen (secondary N) is 2. The van der Waals surface area contributed by atoms with Gasteiger partial charge in [0.25, 0.3) is 0 Å². The molecule has 19 heavy (non-hydrogen) atoms. The highest BCUT2D eigenvalue weighted by atomic mass is 16.4. The van der Waals surface area contributed by atoms with E-state index in [1.807, 2.05) is 6.92 Å².